The van der Waals surface area contributed by atoms with E-state index in [0.717, 1.165) is 32.4 Å². The molecule has 3 aliphatic rings. The van der Waals surface area contributed by atoms with E-state index < -0.39 is 5.97 Å². The van der Waals surface area contributed by atoms with Gasteiger partial charge in [0.05, 0.1) is 5.92 Å². The summed E-state index contributed by atoms with van der Waals surface area (Å²) in [5.74, 6) is -0.454. The molecule has 1 aliphatic carbocycles. The first kappa shape index (κ1) is 13.7. The van der Waals surface area contributed by atoms with Crippen LogP contribution in [-0.4, -0.2) is 52.6 Å². The zero-order chi connectivity index (χ0) is 14.1. The summed E-state index contributed by atoms with van der Waals surface area (Å²) >= 11 is 0. The van der Waals surface area contributed by atoms with E-state index in [1.165, 1.54) is 19.3 Å². The van der Waals surface area contributed by atoms with Crippen molar-refractivity contribution < 1.29 is 14.7 Å². The van der Waals surface area contributed by atoms with Crippen molar-refractivity contribution in [2.75, 3.05) is 19.6 Å². The Balaban J connectivity index is 1.64. The normalized spacial score (nSPS) is 33.9. The first-order chi connectivity index (χ1) is 9.66. The maximum Gasteiger partial charge on any atom is 0.320 e. The van der Waals surface area contributed by atoms with Crippen molar-refractivity contribution in [3.05, 3.63) is 0 Å². The second-order valence-corrected chi connectivity index (χ2v) is 6.50. The molecule has 20 heavy (non-hydrogen) atoms. The molecule has 1 N–H and O–H groups in total. The van der Waals surface area contributed by atoms with Gasteiger partial charge in [-0.3, -0.25) is 4.79 Å². The lowest BCUT2D eigenvalue weighted by Crippen LogP contribution is -2.51. The van der Waals surface area contributed by atoms with Crippen LogP contribution in [-0.2, 0) is 4.79 Å². The van der Waals surface area contributed by atoms with Crippen molar-refractivity contribution in [2.24, 2.45) is 11.8 Å². The zero-order valence-electron chi connectivity index (χ0n) is 12.0. The number of amides is 2. The zero-order valence-corrected chi connectivity index (χ0v) is 12.0. The van der Waals surface area contributed by atoms with Crippen LogP contribution >= 0.6 is 0 Å². The lowest BCUT2D eigenvalue weighted by molar-refractivity contribution is -0.143. The Kier molecular flexibility index (Phi) is 3.85. The summed E-state index contributed by atoms with van der Waals surface area (Å²) < 4.78 is 0. The van der Waals surface area contributed by atoms with Crippen LogP contribution in [0.1, 0.15) is 44.9 Å². The van der Waals surface area contributed by atoms with E-state index in [1.54, 1.807) is 4.90 Å². The van der Waals surface area contributed by atoms with Gasteiger partial charge in [0.2, 0.25) is 0 Å². The molecule has 3 rings (SSSR count). The topological polar surface area (TPSA) is 60.9 Å². The van der Waals surface area contributed by atoms with Gasteiger partial charge < -0.3 is 14.9 Å². The van der Waals surface area contributed by atoms with E-state index in [-0.39, 0.29) is 11.9 Å². The molecule has 2 saturated heterocycles. The molecule has 112 valence electrons. The Bertz CT molecular complexity index is 399. The Labute approximate surface area is 119 Å². The average Bonchev–Trinajstić information content (AvgIpc) is 2.90. The minimum Gasteiger partial charge on any atom is -0.481 e. The minimum atomic E-state index is -0.764. The van der Waals surface area contributed by atoms with Crippen molar-refractivity contribution in [1.29, 1.82) is 0 Å². The van der Waals surface area contributed by atoms with Crippen molar-refractivity contribution in [3.63, 3.8) is 0 Å². The molecule has 3 atom stereocenters. The average molecular weight is 280 g/mol. The predicted octanol–water partition coefficient (Wildman–Crippen LogP) is 2.17. The van der Waals surface area contributed by atoms with Gasteiger partial charge in [0.1, 0.15) is 0 Å². The van der Waals surface area contributed by atoms with E-state index >= 15 is 0 Å². The molecular weight excluding hydrogens is 256 g/mol. The number of fused-ring (bicyclic) bond motifs is 1. The first-order valence-corrected chi connectivity index (χ1v) is 7.95. The lowest BCUT2D eigenvalue weighted by atomic mass is 9.85. The largest absolute Gasteiger partial charge is 0.481 e. The fourth-order valence-corrected chi connectivity index (χ4v) is 4.18. The standard InChI is InChI=1S/C15H24N2O3/c18-14(19)12-5-3-8-16(10-12)15(20)17-9-7-11-4-1-2-6-13(11)17/h11-13H,1-10H2,(H,18,19). The van der Waals surface area contributed by atoms with Gasteiger partial charge in [-0.1, -0.05) is 12.8 Å². The smallest absolute Gasteiger partial charge is 0.320 e. The van der Waals surface area contributed by atoms with E-state index in [4.69, 9.17) is 5.11 Å². The summed E-state index contributed by atoms with van der Waals surface area (Å²) in [6.07, 6.45) is 7.55. The van der Waals surface area contributed by atoms with Gasteiger partial charge in [0.25, 0.3) is 0 Å². The lowest BCUT2D eigenvalue weighted by Gasteiger charge is -2.38. The molecule has 5 heteroatoms. The van der Waals surface area contributed by atoms with E-state index in [0.29, 0.717) is 24.9 Å². The molecule has 2 aliphatic heterocycles. The Hall–Kier alpha value is -1.26. The fraction of sp³-hybridized carbons (Fsp3) is 0.867. The van der Waals surface area contributed by atoms with Gasteiger partial charge in [-0.15, -0.1) is 0 Å². The third kappa shape index (κ3) is 2.50. The second kappa shape index (κ2) is 5.62. The number of piperidine rings is 1. The van der Waals surface area contributed by atoms with Gasteiger partial charge in [-0.05, 0) is 38.0 Å². The Morgan fingerprint density at radius 2 is 1.75 bits per heavy atom. The Morgan fingerprint density at radius 1 is 0.950 bits per heavy atom. The molecule has 0 radical (unpaired) electrons. The summed E-state index contributed by atoms with van der Waals surface area (Å²) in [7, 11) is 0. The number of likely N-dealkylation sites (tertiary alicyclic amines) is 2. The van der Waals surface area contributed by atoms with Gasteiger partial charge in [0.15, 0.2) is 0 Å². The molecule has 1 saturated carbocycles. The summed E-state index contributed by atoms with van der Waals surface area (Å²) in [6.45, 7) is 1.97. The van der Waals surface area contributed by atoms with Crippen LogP contribution in [0.2, 0.25) is 0 Å². The third-order valence-electron chi connectivity index (χ3n) is 5.30. The summed E-state index contributed by atoms with van der Waals surface area (Å²) in [6, 6.07) is 0.506. The molecule has 3 unspecified atom stereocenters. The quantitative estimate of drug-likeness (QED) is 0.800. The molecule has 2 heterocycles. The fourth-order valence-electron chi connectivity index (χ4n) is 4.18. The van der Waals surface area contributed by atoms with Crippen LogP contribution in [0.15, 0.2) is 0 Å². The molecule has 5 nitrogen and oxygen atoms in total. The van der Waals surface area contributed by atoms with Crippen LogP contribution in [0, 0.1) is 11.8 Å². The van der Waals surface area contributed by atoms with Crippen molar-refractivity contribution >= 4 is 12.0 Å². The highest BCUT2D eigenvalue weighted by molar-refractivity contribution is 5.77. The number of carbonyl (C=O) groups excluding carboxylic acids is 1. The molecule has 0 aromatic rings. The van der Waals surface area contributed by atoms with Crippen LogP contribution in [0.25, 0.3) is 0 Å². The van der Waals surface area contributed by atoms with Crippen molar-refractivity contribution in [2.45, 2.75) is 51.0 Å². The highest BCUT2D eigenvalue weighted by Crippen LogP contribution is 2.37. The summed E-state index contributed by atoms with van der Waals surface area (Å²) in [4.78, 5) is 27.6. The number of carboxylic acid groups (broad SMARTS) is 1. The van der Waals surface area contributed by atoms with Gasteiger partial charge in [-0.2, -0.15) is 0 Å². The number of hydrogen-bond donors (Lipinski definition) is 1. The number of carboxylic acids is 1. The highest BCUT2D eigenvalue weighted by atomic mass is 16.4. The van der Waals surface area contributed by atoms with Crippen LogP contribution < -0.4 is 0 Å². The minimum absolute atomic E-state index is 0.0883. The number of urea groups is 1. The Morgan fingerprint density at radius 3 is 2.55 bits per heavy atom. The van der Waals surface area contributed by atoms with Gasteiger partial charge in [-0.25, -0.2) is 4.79 Å². The molecule has 0 aromatic heterocycles. The monoisotopic (exact) mass is 280 g/mol. The van der Waals surface area contributed by atoms with Crippen LogP contribution in [0.5, 0.6) is 0 Å². The SMILES string of the molecule is O=C(O)C1CCCN(C(=O)N2CCC3CCCCC32)C1. The number of aliphatic carboxylic acids is 1. The molecule has 2 amide bonds. The molecule has 3 fully saturated rings. The maximum atomic E-state index is 12.7. The second-order valence-electron chi connectivity index (χ2n) is 6.50. The van der Waals surface area contributed by atoms with Crippen molar-refractivity contribution in [1.82, 2.24) is 9.80 Å². The third-order valence-corrected chi connectivity index (χ3v) is 5.30. The molecule has 0 spiro atoms. The van der Waals surface area contributed by atoms with Gasteiger partial charge >= 0.3 is 12.0 Å². The van der Waals surface area contributed by atoms with Gasteiger partial charge in [0, 0.05) is 25.7 Å². The predicted molar refractivity (Wildman–Crippen MR) is 74.4 cm³/mol. The number of carbonyl (C=O) groups is 2. The van der Waals surface area contributed by atoms with E-state index in [9.17, 15) is 9.59 Å². The molecule has 0 aromatic carbocycles. The van der Waals surface area contributed by atoms with Crippen LogP contribution in [0.3, 0.4) is 0 Å². The van der Waals surface area contributed by atoms with Crippen LogP contribution in [0.4, 0.5) is 4.79 Å². The molecule has 0 bridgehead atoms. The molecular formula is C15H24N2O3. The first-order valence-electron chi connectivity index (χ1n) is 7.95. The number of hydrogen-bond acceptors (Lipinski definition) is 2. The summed E-state index contributed by atoms with van der Waals surface area (Å²) in [5, 5.41) is 9.14. The van der Waals surface area contributed by atoms with E-state index in [1.807, 2.05) is 4.90 Å². The maximum absolute atomic E-state index is 12.7. The van der Waals surface area contributed by atoms with E-state index in [2.05, 4.69) is 0 Å². The number of rotatable bonds is 1. The van der Waals surface area contributed by atoms with Crippen molar-refractivity contribution in [3.8, 4) is 0 Å². The summed E-state index contributed by atoms with van der Waals surface area (Å²) in [5.41, 5.74) is 0. The number of nitrogens with zero attached hydrogens (tertiary/aromatic N) is 2. The highest BCUT2D eigenvalue weighted by Gasteiger charge is 2.40.